The molecule has 6 heteroatoms. The van der Waals surface area contributed by atoms with Gasteiger partial charge in [-0.1, -0.05) is 0 Å². The summed E-state index contributed by atoms with van der Waals surface area (Å²) >= 11 is 0. The van der Waals surface area contributed by atoms with Crippen molar-refractivity contribution in [3.8, 4) is 0 Å². The van der Waals surface area contributed by atoms with E-state index >= 15 is 0 Å². The number of nitrogens with zero attached hydrogens (tertiary/aromatic N) is 1. The van der Waals surface area contributed by atoms with Gasteiger partial charge in [0.1, 0.15) is 11.5 Å². The van der Waals surface area contributed by atoms with E-state index in [9.17, 15) is 9.90 Å². The van der Waals surface area contributed by atoms with E-state index in [1.807, 2.05) is 0 Å². The maximum Gasteiger partial charge on any atom is 0.269 e. The molecule has 15 heavy (non-hydrogen) atoms. The summed E-state index contributed by atoms with van der Waals surface area (Å²) in [7, 11) is 0. The summed E-state index contributed by atoms with van der Waals surface area (Å²) in [6.07, 6.45) is -0.651. The summed E-state index contributed by atoms with van der Waals surface area (Å²) < 4.78 is 0. The molecule has 0 saturated carbocycles. The Morgan fingerprint density at radius 2 is 2.33 bits per heavy atom. The lowest BCUT2D eigenvalue weighted by atomic mass is 9.98. The second-order valence-electron chi connectivity index (χ2n) is 4.06. The van der Waals surface area contributed by atoms with Crippen molar-refractivity contribution >= 4 is 11.7 Å². The Labute approximate surface area is 87.9 Å². The monoisotopic (exact) mass is 212 g/mol. The largest absolute Gasteiger partial charge is 0.391 e. The van der Waals surface area contributed by atoms with Gasteiger partial charge in [0.05, 0.1) is 11.6 Å². The minimum atomic E-state index is -0.697. The second kappa shape index (κ2) is 3.90. The van der Waals surface area contributed by atoms with Crippen LogP contribution in [0, 0.1) is 0 Å². The molecule has 0 bridgehead atoms. The van der Waals surface area contributed by atoms with Gasteiger partial charge in [-0.2, -0.15) is 5.10 Å². The number of H-pyrrole nitrogens is 1. The summed E-state index contributed by atoms with van der Waals surface area (Å²) in [4.78, 5) is 11.6. The van der Waals surface area contributed by atoms with E-state index in [0.29, 0.717) is 0 Å². The molecule has 0 fully saturated rings. The number of aromatic nitrogens is 2. The number of hydrogen-bond acceptors (Lipinski definition) is 4. The number of hydrogen-bond donors (Lipinski definition) is 4. The molecule has 0 aromatic carbocycles. The van der Waals surface area contributed by atoms with Crippen molar-refractivity contribution in [1.82, 2.24) is 15.5 Å². The Balaban J connectivity index is 2.72. The Kier molecular flexibility index (Phi) is 2.99. The molecular weight excluding hydrogens is 196 g/mol. The average molecular weight is 212 g/mol. The molecule has 1 atom stereocenters. The molecule has 0 spiro atoms. The van der Waals surface area contributed by atoms with Crippen LogP contribution in [0.1, 0.15) is 31.3 Å². The number of aliphatic hydroxyl groups excluding tert-OH is 1. The van der Waals surface area contributed by atoms with Gasteiger partial charge in [0.15, 0.2) is 0 Å². The van der Waals surface area contributed by atoms with Crippen molar-refractivity contribution in [1.29, 1.82) is 0 Å². The molecule has 0 saturated heterocycles. The average Bonchev–Trinajstić information content (AvgIpc) is 2.50. The first kappa shape index (κ1) is 11.5. The SMILES string of the molecule is CC(O)C(C)(C)NC(=O)c1cc(N)n[nH]1. The van der Waals surface area contributed by atoms with E-state index in [0.717, 1.165) is 0 Å². The Morgan fingerprint density at radius 3 is 2.73 bits per heavy atom. The molecule has 1 amide bonds. The lowest BCUT2D eigenvalue weighted by Gasteiger charge is -2.28. The lowest BCUT2D eigenvalue weighted by Crippen LogP contribution is -2.51. The molecule has 1 unspecified atom stereocenters. The zero-order valence-corrected chi connectivity index (χ0v) is 9.03. The van der Waals surface area contributed by atoms with E-state index in [2.05, 4.69) is 15.5 Å². The van der Waals surface area contributed by atoms with Crippen LogP contribution >= 0.6 is 0 Å². The van der Waals surface area contributed by atoms with Crippen molar-refractivity contribution in [3.05, 3.63) is 11.8 Å². The highest BCUT2D eigenvalue weighted by Gasteiger charge is 2.26. The van der Waals surface area contributed by atoms with Crippen LogP contribution in [0.5, 0.6) is 0 Å². The molecule has 84 valence electrons. The standard InChI is InChI=1S/C9H16N4O2/c1-5(14)9(2,3)11-8(15)6-4-7(10)13-12-6/h4-5,14H,1-3H3,(H,11,15)(H3,10,12,13). The number of nitrogens with two attached hydrogens (primary N) is 1. The van der Waals surface area contributed by atoms with Gasteiger partial charge in [0.2, 0.25) is 0 Å². The third-order valence-electron chi connectivity index (χ3n) is 2.32. The van der Waals surface area contributed by atoms with Crippen LogP contribution in [0.15, 0.2) is 6.07 Å². The fraction of sp³-hybridized carbons (Fsp3) is 0.556. The van der Waals surface area contributed by atoms with E-state index in [-0.39, 0.29) is 17.4 Å². The number of nitrogens with one attached hydrogen (secondary N) is 2. The highest BCUT2D eigenvalue weighted by Crippen LogP contribution is 2.10. The zero-order valence-electron chi connectivity index (χ0n) is 9.03. The van der Waals surface area contributed by atoms with E-state index in [1.165, 1.54) is 6.07 Å². The number of aliphatic hydroxyl groups is 1. The Hall–Kier alpha value is -1.56. The van der Waals surface area contributed by atoms with E-state index in [4.69, 9.17) is 5.73 Å². The Morgan fingerprint density at radius 1 is 1.73 bits per heavy atom. The maximum absolute atomic E-state index is 11.6. The quantitative estimate of drug-likeness (QED) is 0.560. The minimum Gasteiger partial charge on any atom is -0.391 e. The summed E-state index contributed by atoms with van der Waals surface area (Å²) in [6.45, 7) is 5.08. The van der Waals surface area contributed by atoms with Gasteiger partial charge in [-0.25, -0.2) is 0 Å². The summed E-state index contributed by atoms with van der Waals surface area (Å²) in [5, 5.41) is 18.2. The van der Waals surface area contributed by atoms with Gasteiger partial charge in [0, 0.05) is 6.07 Å². The van der Waals surface area contributed by atoms with Crippen molar-refractivity contribution < 1.29 is 9.90 Å². The molecule has 1 aromatic heterocycles. The van der Waals surface area contributed by atoms with Crippen molar-refractivity contribution in [3.63, 3.8) is 0 Å². The first-order chi connectivity index (χ1) is 6.83. The molecule has 6 nitrogen and oxygen atoms in total. The molecule has 1 aromatic rings. The number of aromatic amines is 1. The summed E-state index contributed by atoms with van der Waals surface area (Å²) in [5.41, 5.74) is 4.95. The third kappa shape index (κ3) is 2.69. The summed E-state index contributed by atoms with van der Waals surface area (Å²) in [5.74, 6) is -0.0832. The fourth-order valence-corrected chi connectivity index (χ4v) is 0.918. The zero-order chi connectivity index (χ0) is 11.6. The van der Waals surface area contributed by atoms with Gasteiger partial charge in [-0.05, 0) is 20.8 Å². The van der Waals surface area contributed by atoms with Gasteiger partial charge in [-0.15, -0.1) is 0 Å². The third-order valence-corrected chi connectivity index (χ3v) is 2.32. The molecule has 1 rings (SSSR count). The van der Waals surface area contributed by atoms with Crippen LogP contribution in [0.25, 0.3) is 0 Å². The number of carbonyl (C=O) groups excluding carboxylic acids is 1. The van der Waals surface area contributed by atoms with Gasteiger partial charge >= 0.3 is 0 Å². The predicted octanol–water partition coefficient (Wildman–Crippen LogP) is -0.119. The molecule has 0 aliphatic carbocycles. The fourth-order valence-electron chi connectivity index (χ4n) is 0.918. The number of amides is 1. The molecule has 5 N–H and O–H groups in total. The van der Waals surface area contributed by atoms with Crippen LogP contribution in [0.4, 0.5) is 5.82 Å². The molecule has 0 aliphatic rings. The van der Waals surface area contributed by atoms with Crippen molar-refractivity contribution in [2.75, 3.05) is 5.73 Å². The maximum atomic E-state index is 11.6. The first-order valence-electron chi connectivity index (χ1n) is 4.64. The highest BCUT2D eigenvalue weighted by atomic mass is 16.3. The van der Waals surface area contributed by atoms with E-state index < -0.39 is 11.6 Å². The van der Waals surface area contributed by atoms with Crippen LogP contribution in [0.2, 0.25) is 0 Å². The van der Waals surface area contributed by atoms with Gasteiger partial charge in [-0.3, -0.25) is 9.89 Å². The van der Waals surface area contributed by atoms with Gasteiger partial charge < -0.3 is 16.2 Å². The second-order valence-corrected chi connectivity index (χ2v) is 4.06. The number of carbonyl (C=O) groups is 1. The molecule has 0 aliphatic heterocycles. The molecular formula is C9H16N4O2. The first-order valence-corrected chi connectivity index (χ1v) is 4.64. The molecule has 0 radical (unpaired) electrons. The van der Waals surface area contributed by atoms with Crippen LogP contribution < -0.4 is 11.1 Å². The highest BCUT2D eigenvalue weighted by molar-refractivity contribution is 5.93. The number of nitrogen functional groups attached to an aromatic ring is 1. The van der Waals surface area contributed by atoms with Crippen LogP contribution in [0.3, 0.4) is 0 Å². The number of rotatable bonds is 3. The van der Waals surface area contributed by atoms with Crippen LogP contribution in [-0.4, -0.2) is 32.9 Å². The lowest BCUT2D eigenvalue weighted by molar-refractivity contribution is 0.0705. The Bertz CT molecular complexity index is 357. The van der Waals surface area contributed by atoms with Crippen LogP contribution in [-0.2, 0) is 0 Å². The van der Waals surface area contributed by atoms with Crippen molar-refractivity contribution in [2.45, 2.75) is 32.4 Å². The smallest absolute Gasteiger partial charge is 0.269 e. The normalized spacial score (nSPS) is 13.6. The number of anilines is 1. The van der Waals surface area contributed by atoms with Gasteiger partial charge in [0.25, 0.3) is 5.91 Å². The van der Waals surface area contributed by atoms with Crippen molar-refractivity contribution in [2.24, 2.45) is 0 Å². The van der Waals surface area contributed by atoms with E-state index in [1.54, 1.807) is 20.8 Å². The minimum absolute atomic E-state index is 0.259. The predicted molar refractivity (Wildman–Crippen MR) is 56.2 cm³/mol. The molecule has 1 heterocycles. The topological polar surface area (TPSA) is 104 Å². The summed E-state index contributed by atoms with van der Waals surface area (Å²) in [6, 6.07) is 1.44.